The Morgan fingerprint density at radius 1 is 0.769 bits per heavy atom. The standard InChI is InChI=1S/C20H22N6/c1-24(17-7-3-2-4-8-17)19-10-12-22-20(23-19)26-15-13-25(14-16-26)18-9-5-6-11-21-18/h2-12H,13-16H2,1H3. The monoisotopic (exact) mass is 346 g/mol. The Morgan fingerprint density at radius 2 is 1.50 bits per heavy atom. The highest BCUT2D eigenvalue weighted by Crippen LogP contribution is 2.23. The third-order valence-corrected chi connectivity index (χ3v) is 4.65. The first-order chi connectivity index (χ1) is 12.8. The van der Waals surface area contributed by atoms with Crippen molar-refractivity contribution in [1.29, 1.82) is 0 Å². The van der Waals surface area contributed by atoms with Crippen molar-refractivity contribution in [2.75, 3.05) is 47.9 Å². The van der Waals surface area contributed by atoms with Crippen molar-refractivity contribution in [3.63, 3.8) is 0 Å². The van der Waals surface area contributed by atoms with Gasteiger partial charge in [0.25, 0.3) is 0 Å². The van der Waals surface area contributed by atoms with Gasteiger partial charge in [0, 0.05) is 51.3 Å². The fourth-order valence-electron chi connectivity index (χ4n) is 3.14. The van der Waals surface area contributed by atoms with E-state index >= 15 is 0 Å². The number of hydrogen-bond donors (Lipinski definition) is 0. The van der Waals surface area contributed by atoms with Crippen LogP contribution >= 0.6 is 0 Å². The number of pyridine rings is 1. The highest BCUT2D eigenvalue weighted by molar-refractivity contribution is 5.59. The van der Waals surface area contributed by atoms with Crippen LogP contribution < -0.4 is 14.7 Å². The van der Waals surface area contributed by atoms with Crippen molar-refractivity contribution in [2.24, 2.45) is 0 Å². The molecular formula is C20H22N6. The van der Waals surface area contributed by atoms with Crippen molar-refractivity contribution in [1.82, 2.24) is 15.0 Å². The molecule has 4 rings (SSSR count). The lowest BCUT2D eigenvalue weighted by Gasteiger charge is -2.35. The molecule has 0 amide bonds. The molecule has 0 atom stereocenters. The molecule has 26 heavy (non-hydrogen) atoms. The van der Waals surface area contributed by atoms with Crippen LogP contribution in [0.1, 0.15) is 0 Å². The van der Waals surface area contributed by atoms with E-state index in [0.717, 1.165) is 49.5 Å². The van der Waals surface area contributed by atoms with Gasteiger partial charge in [-0.3, -0.25) is 0 Å². The summed E-state index contributed by atoms with van der Waals surface area (Å²) in [6.07, 6.45) is 3.68. The lowest BCUT2D eigenvalue weighted by Crippen LogP contribution is -2.47. The van der Waals surface area contributed by atoms with E-state index in [9.17, 15) is 0 Å². The largest absolute Gasteiger partial charge is 0.353 e. The van der Waals surface area contributed by atoms with Gasteiger partial charge in [-0.05, 0) is 30.3 Å². The molecule has 6 heteroatoms. The maximum absolute atomic E-state index is 4.78. The molecule has 0 unspecified atom stereocenters. The van der Waals surface area contributed by atoms with Crippen LogP contribution in [0.3, 0.4) is 0 Å². The summed E-state index contributed by atoms with van der Waals surface area (Å²) in [7, 11) is 2.03. The molecule has 0 spiro atoms. The number of nitrogens with zero attached hydrogens (tertiary/aromatic N) is 6. The van der Waals surface area contributed by atoms with Gasteiger partial charge in [-0.25, -0.2) is 9.97 Å². The van der Waals surface area contributed by atoms with Crippen molar-refractivity contribution in [3.05, 3.63) is 67.0 Å². The first-order valence-electron chi connectivity index (χ1n) is 8.84. The number of hydrogen-bond acceptors (Lipinski definition) is 6. The average Bonchev–Trinajstić information content (AvgIpc) is 2.75. The molecule has 132 valence electrons. The zero-order chi connectivity index (χ0) is 17.8. The Bertz CT molecular complexity index is 831. The predicted octanol–water partition coefficient (Wildman–Crippen LogP) is 2.97. The van der Waals surface area contributed by atoms with Gasteiger partial charge in [0.2, 0.25) is 5.95 Å². The molecule has 1 aliphatic rings. The Labute approximate surface area is 153 Å². The number of para-hydroxylation sites is 1. The van der Waals surface area contributed by atoms with Crippen LogP contribution in [0.15, 0.2) is 67.0 Å². The van der Waals surface area contributed by atoms with Crippen molar-refractivity contribution in [3.8, 4) is 0 Å². The van der Waals surface area contributed by atoms with Crippen LogP contribution in [-0.2, 0) is 0 Å². The normalized spacial score (nSPS) is 14.3. The molecule has 0 aliphatic carbocycles. The molecule has 0 saturated carbocycles. The van der Waals surface area contributed by atoms with Gasteiger partial charge in [-0.15, -0.1) is 0 Å². The molecule has 0 N–H and O–H groups in total. The first kappa shape index (κ1) is 16.3. The van der Waals surface area contributed by atoms with Crippen LogP contribution in [0, 0.1) is 0 Å². The summed E-state index contributed by atoms with van der Waals surface area (Å²) in [5.41, 5.74) is 1.11. The molecule has 3 heterocycles. The minimum Gasteiger partial charge on any atom is -0.353 e. The highest BCUT2D eigenvalue weighted by atomic mass is 15.3. The van der Waals surface area contributed by atoms with Crippen molar-refractivity contribution < 1.29 is 0 Å². The van der Waals surface area contributed by atoms with Crippen molar-refractivity contribution >= 4 is 23.3 Å². The van der Waals surface area contributed by atoms with Gasteiger partial charge < -0.3 is 14.7 Å². The van der Waals surface area contributed by atoms with Gasteiger partial charge in [0.1, 0.15) is 11.6 Å². The van der Waals surface area contributed by atoms with E-state index in [4.69, 9.17) is 4.98 Å². The smallest absolute Gasteiger partial charge is 0.227 e. The van der Waals surface area contributed by atoms with Gasteiger partial charge in [0.05, 0.1) is 0 Å². The lowest BCUT2D eigenvalue weighted by molar-refractivity contribution is 0.634. The van der Waals surface area contributed by atoms with Crippen molar-refractivity contribution in [2.45, 2.75) is 0 Å². The fourth-order valence-corrected chi connectivity index (χ4v) is 3.14. The van der Waals surface area contributed by atoms with Crippen LogP contribution in [0.25, 0.3) is 0 Å². The number of aromatic nitrogens is 3. The number of anilines is 4. The van der Waals surface area contributed by atoms with Gasteiger partial charge in [-0.1, -0.05) is 24.3 Å². The summed E-state index contributed by atoms with van der Waals surface area (Å²) >= 11 is 0. The molecule has 1 aliphatic heterocycles. The summed E-state index contributed by atoms with van der Waals surface area (Å²) < 4.78 is 0. The second kappa shape index (κ2) is 7.39. The zero-order valence-electron chi connectivity index (χ0n) is 14.9. The summed E-state index contributed by atoms with van der Waals surface area (Å²) in [5.74, 6) is 2.71. The summed E-state index contributed by atoms with van der Waals surface area (Å²) in [6, 6.07) is 18.2. The van der Waals surface area contributed by atoms with E-state index in [0.29, 0.717) is 0 Å². The molecule has 6 nitrogen and oxygen atoms in total. The molecule has 1 aromatic carbocycles. The first-order valence-corrected chi connectivity index (χ1v) is 8.84. The van der Waals surface area contributed by atoms with E-state index in [1.807, 2.05) is 55.8 Å². The topological polar surface area (TPSA) is 48.4 Å². The molecule has 0 radical (unpaired) electrons. The number of piperazine rings is 1. The second-order valence-electron chi connectivity index (χ2n) is 6.27. The highest BCUT2D eigenvalue weighted by Gasteiger charge is 2.20. The average molecular weight is 346 g/mol. The van der Waals surface area contributed by atoms with E-state index in [2.05, 4.69) is 42.9 Å². The van der Waals surface area contributed by atoms with Gasteiger partial charge >= 0.3 is 0 Å². The maximum Gasteiger partial charge on any atom is 0.227 e. The molecule has 1 fully saturated rings. The third kappa shape index (κ3) is 3.44. The molecule has 2 aromatic heterocycles. The van der Waals surface area contributed by atoms with Crippen LogP contribution in [0.2, 0.25) is 0 Å². The second-order valence-corrected chi connectivity index (χ2v) is 6.27. The maximum atomic E-state index is 4.78. The molecular weight excluding hydrogens is 324 g/mol. The lowest BCUT2D eigenvalue weighted by atomic mass is 10.3. The van der Waals surface area contributed by atoms with Gasteiger partial charge in [0.15, 0.2) is 0 Å². The Hall–Kier alpha value is -3.15. The van der Waals surface area contributed by atoms with Crippen LogP contribution in [0.4, 0.5) is 23.3 Å². The van der Waals surface area contributed by atoms with E-state index in [1.165, 1.54) is 0 Å². The van der Waals surface area contributed by atoms with E-state index < -0.39 is 0 Å². The third-order valence-electron chi connectivity index (χ3n) is 4.65. The minimum absolute atomic E-state index is 0.783. The Balaban J connectivity index is 1.46. The Kier molecular flexibility index (Phi) is 4.64. The van der Waals surface area contributed by atoms with E-state index in [-0.39, 0.29) is 0 Å². The zero-order valence-corrected chi connectivity index (χ0v) is 14.9. The Morgan fingerprint density at radius 3 is 2.23 bits per heavy atom. The minimum atomic E-state index is 0.783. The number of benzene rings is 1. The van der Waals surface area contributed by atoms with Crippen LogP contribution in [0.5, 0.6) is 0 Å². The summed E-state index contributed by atoms with van der Waals surface area (Å²) in [6.45, 7) is 3.60. The molecule has 1 saturated heterocycles. The molecule has 3 aromatic rings. The van der Waals surface area contributed by atoms with E-state index in [1.54, 1.807) is 0 Å². The molecule has 0 bridgehead atoms. The quantitative estimate of drug-likeness (QED) is 0.724. The predicted molar refractivity (Wildman–Crippen MR) is 105 cm³/mol. The summed E-state index contributed by atoms with van der Waals surface area (Å²) in [4.78, 5) is 20.3. The number of rotatable bonds is 4. The van der Waals surface area contributed by atoms with Gasteiger partial charge in [-0.2, -0.15) is 4.98 Å². The fraction of sp³-hybridized carbons (Fsp3) is 0.250. The SMILES string of the molecule is CN(c1ccccc1)c1ccnc(N2CCN(c3ccccn3)CC2)n1. The van der Waals surface area contributed by atoms with Crippen LogP contribution in [-0.4, -0.2) is 48.2 Å². The summed E-state index contributed by atoms with van der Waals surface area (Å²) in [5, 5.41) is 0.